The molecule has 2 fully saturated rings. The van der Waals surface area contributed by atoms with Crippen molar-refractivity contribution in [3.63, 3.8) is 0 Å². The Labute approximate surface area is 131 Å². The highest BCUT2D eigenvalue weighted by molar-refractivity contribution is 8.23. The maximum absolute atomic E-state index is 12.1. The number of carboxylic acids is 1. The van der Waals surface area contributed by atoms with Gasteiger partial charge in [-0.3, -0.25) is 9.69 Å². The van der Waals surface area contributed by atoms with E-state index in [9.17, 15) is 19.8 Å². The molecule has 0 aromatic heterocycles. The standard InChI is InChI=1S/C13H18N2O4S2/c1-6(16)8-10(17)15-9(12(18)19)13(21-11(8)15)20-7-2-4-14-5-3-7/h6-8,11,14,16H,2-5H2,1H3,(H,18,19)/t6-,8-,11-/m1/s1. The molecule has 3 atom stereocenters. The third-order valence-electron chi connectivity index (χ3n) is 4.03. The number of hydrogen-bond acceptors (Lipinski definition) is 6. The first-order valence-corrected chi connectivity index (χ1v) is 8.79. The fourth-order valence-corrected chi connectivity index (χ4v) is 6.22. The topological polar surface area (TPSA) is 89.9 Å². The second-order valence-corrected chi connectivity index (χ2v) is 8.19. The summed E-state index contributed by atoms with van der Waals surface area (Å²) in [4.78, 5) is 24.9. The fraction of sp³-hybridized carbons (Fsp3) is 0.692. The zero-order valence-electron chi connectivity index (χ0n) is 11.6. The Morgan fingerprint density at radius 3 is 2.71 bits per heavy atom. The summed E-state index contributed by atoms with van der Waals surface area (Å²) in [5.74, 6) is -1.82. The summed E-state index contributed by atoms with van der Waals surface area (Å²) in [5, 5.41) is 22.5. The van der Waals surface area contributed by atoms with Gasteiger partial charge < -0.3 is 15.5 Å². The Kier molecular flexibility index (Phi) is 4.22. The Morgan fingerprint density at radius 2 is 2.14 bits per heavy atom. The van der Waals surface area contributed by atoms with Crippen LogP contribution in [0.1, 0.15) is 19.8 Å². The second-order valence-electron chi connectivity index (χ2n) is 5.49. The number of rotatable bonds is 4. The van der Waals surface area contributed by atoms with Crippen molar-refractivity contribution in [2.24, 2.45) is 5.92 Å². The lowest BCUT2D eigenvalue weighted by molar-refractivity contribution is -0.156. The van der Waals surface area contributed by atoms with Crippen molar-refractivity contribution in [2.75, 3.05) is 13.1 Å². The number of carbonyl (C=O) groups is 2. The maximum Gasteiger partial charge on any atom is 0.354 e. The minimum absolute atomic E-state index is 0.107. The zero-order valence-corrected chi connectivity index (χ0v) is 13.2. The predicted molar refractivity (Wildman–Crippen MR) is 81.5 cm³/mol. The van der Waals surface area contributed by atoms with E-state index in [1.807, 2.05) is 0 Å². The Balaban J connectivity index is 1.79. The summed E-state index contributed by atoms with van der Waals surface area (Å²) < 4.78 is 0.718. The first kappa shape index (κ1) is 15.2. The van der Waals surface area contributed by atoms with Crippen LogP contribution in [0.2, 0.25) is 0 Å². The molecule has 0 radical (unpaired) electrons. The zero-order chi connectivity index (χ0) is 15.1. The predicted octanol–water partition coefficient (Wildman–Crippen LogP) is 0.637. The summed E-state index contributed by atoms with van der Waals surface area (Å²) in [7, 11) is 0. The number of thioether (sulfide) groups is 2. The SMILES string of the molecule is C[C@@H](O)[C@@H]1C(=O)N2C(C(=O)O)=C(SC3CCNCC3)S[C@H]12. The highest BCUT2D eigenvalue weighted by atomic mass is 32.2. The molecule has 8 heteroatoms. The monoisotopic (exact) mass is 330 g/mol. The molecule has 3 heterocycles. The minimum Gasteiger partial charge on any atom is -0.477 e. The van der Waals surface area contributed by atoms with E-state index in [4.69, 9.17) is 0 Å². The average molecular weight is 330 g/mol. The van der Waals surface area contributed by atoms with Gasteiger partial charge in [0.1, 0.15) is 5.37 Å². The van der Waals surface area contributed by atoms with Crippen LogP contribution in [-0.4, -0.2) is 56.8 Å². The lowest BCUT2D eigenvalue weighted by Gasteiger charge is -2.43. The second kappa shape index (κ2) is 5.83. The third-order valence-corrected chi connectivity index (χ3v) is 6.97. The van der Waals surface area contributed by atoms with Gasteiger partial charge in [-0.1, -0.05) is 11.8 Å². The molecular weight excluding hydrogens is 312 g/mol. The van der Waals surface area contributed by atoms with Gasteiger partial charge in [0.2, 0.25) is 5.91 Å². The number of aliphatic carboxylic acids is 1. The number of fused-ring (bicyclic) bond motifs is 1. The van der Waals surface area contributed by atoms with E-state index in [0.717, 1.165) is 30.2 Å². The van der Waals surface area contributed by atoms with Gasteiger partial charge in [-0.2, -0.15) is 0 Å². The molecule has 21 heavy (non-hydrogen) atoms. The lowest BCUT2D eigenvalue weighted by Crippen LogP contribution is -2.60. The number of aliphatic hydroxyl groups excluding tert-OH is 1. The molecule has 3 rings (SSSR count). The molecule has 0 saturated carbocycles. The molecule has 0 spiro atoms. The van der Waals surface area contributed by atoms with Gasteiger partial charge in [0.05, 0.1) is 16.3 Å². The molecule has 116 valence electrons. The van der Waals surface area contributed by atoms with Crippen molar-refractivity contribution < 1.29 is 19.8 Å². The highest BCUT2D eigenvalue weighted by Gasteiger charge is 2.57. The molecule has 3 aliphatic rings. The van der Waals surface area contributed by atoms with Crippen LogP contribution < -0.4 is 5.32 Å². The van der Waals surface area contributed by atoms with Gasteiger partial charge in [-0.15, -0.1) is 11.8 Å². The van der Waals surface area contributed by atoms with E-state index in [0.29, 0.717) is 5.25 Å². The van der Waals surface area contributed by atoms with Gasteiger partial charge in [0, 0.05) is 5.25 Å². The highest BCUT2D eigenvalue weighted by Crippen LogP contribution is 2.54. The van der Waals surface area contributed by atoms with Crippen LogP contribution in [0.3, 0.4) is 0 Å². The molecule has 6 nitrogen and oxygen atoms in total. The van der Waals surface area contributed by atoms with Crippen LogP contribution >= 0.6 is 23.5 Å². The number of nitrogens with one attached hydrogen (secondary N) is 1. The summed E-state index contributed by atoms with van der Waals surface area (Å²) in [6, 6.07) is 0. The number of carbonyl (C=O) groups excluding carboxylic acids is 1. The molecule has 0 aliphatic carbocycles. The Bertz CT molecular complexity index is 502. The van der Waals surface area contributed by atoms with E-state index in [-0.39, 0.29) is 17.0 Å². The molecule has 0 bridgehead atoms. The molecule has 3 N–H and O–H groups in total. The molecule has 0 aromatic carbocycles. The van der Waals surface area contributed by atoms with Crippen LogP contribution in [-0.2, 0) is 9.59 Å². The van der Waals surface area contributed by atoms with Crippen molar-refractivity contribution in [3.8, 4) is 0 Å². The number of hydrogen-bond donors (Lipinski definition) is 3. The largest absolute Gasteiger partial charge is 0.477 e. The van der Waals surface area contributed by atoms with Gasteiger partial charge in [-0.25, -0.2) is 4.79 Å². The maximum atomic E-state index is 12.1. The van der Waals surface area contributed by atoms with E-state index >= 15 is 0 Å². The third kappa shape index (κ3) is 2.58. The van der Waals surface area contributed by atoms with Crippen molar-refractivity contribution in [3.05, 3.63) is 9.93 Å². The summed E-state index contributed by atoms with van der Waals surface area (Å²) >= 11 is 2.99. The molecular formula is C13H18N2O4S2. The van der Waals surface area contributed by atoms with Gasteiger partial charge >= 0.3 is 5.97 Å². The quantitative estimate of drug-likeness (QED) is 0.652. The van der Waals surface area contributed by atoms with Crippen LogP contribution in [0.5, 0.6) is 0 Å². The lowest BCUT2D eigenvalue weighted by atomic mass is 9.92. The summed E-state index contributed by atoms with van der Waals surface area (Å²) in [6.07, 6.45) is 1.25. The van der Waals surface area contributed by atoms with Gasteiger partial charge in [0.15, 0.2) is 5.70 Å². The van der Waals surface area contributed by atoms with Gasteiger partial charge in [-0.05, 0) is 32.9 Å². The molecule has 3 aliphatic heterocycles. The fourth-order valence-electron chi connectivity index (χ4n) is 2.90. The van der Waals surface area contributed by atoms with E-state index < -0.39 is 18.0 Å². The number of piperidine rings is 1. The van der Waals surface area contributed by atoms with Crippen molar-refractivity contribution in [1.82, 2.24) is 10.2 Å². The van der Waals surface area contributed by atoms with Crippen LogP contribution in [0.25, 0.3) is 0 Å². The van der Waals surface area contributed by atoms with Crippen molar-refractivity contribution in [1.29, 1.82) is 0 Å². The number of carboxylic acid groups (broad SMARTS) is 1. The summed E-state index contributed by atoms with van der Waals surface area (Å²) in [6.45, 7) is 3.47. The smallest absolute Gasteiger partial charge is 0.354 e. The Morgan fingerprint density at radius 1 is 1.48 bits per heavy atom. The number of amides is 1. The first-order valence-electron chi connectivity index (χ1n) is 7.03. The normalized spacial score (nSPS) is 31.1. The van der Waals surface area contributed by atoms with E-state index in [1.54, 1.807) is 18.7 Å². The number of β-lactam (4-membered cyclic amide) rings is 1. The van der Waals surface area contributed by atoms with Crippen molar-refractivity contribution in [2.45, 2.75) is 36.5 Å². The Hall–Kier alpha value is -0.700. The number of aliphatic hydroxyl groups is 1. The molecule has 1 amide bonds. The minimum atomic E-state index is -1.06. The molecule has 0 aromatic rings. The van der Waals surface area contributed by atoms with Crippen molar-refractivity contribution >= 4 is 35.4 Å². The first-order chi connectivity index (χ1) is 10.0. The number of nitrogens with zero attached hydrogens (tertiary/aromatic N) is 1. The van der Waals surface area contributed by atoms with E-state index in [1.165, 1.54) is 16.7 Å². The van der Waals surface area contributed by atoms with Crippen LogP contribution in [0, 0.1) is 5.92 Å². The molecule has 2 saturated heterocycles. The molecule has 0 unspecified atom stereocenters. The van der Waals surface area contributed by atoms with Crippen LogP contribution in [0.15, 0.2) is 9.93 Å². The summed E-state index contributed by atoms with van der Waals surface area (Å²) in [5.41, 5.74) is 0.107. The van der Waals surface area contributed by atoms with Gasteiger partial charge in [0.25, 0.3) is 0 Å². The van der Waals surface area contributed by atoms with E-state index in [2.05, 4.69) is 5.32 Å². The average Bonchev–Trinajstić information content (AvgIpc) is 2.74. The van der Waals surface area contributed by atoms with Crippen LogP contribution in [0.4, 0.5) is 0 Å².